The van der Waals surface area contributed by atoms with E-state index < -0.39 is 0 Å². The number of H-pyrrole nitrogens is 1. The number of rotatable bonds is 1. The lowest BCUT2D eigenvalue weighted by Crippen LogP contribution is -1.96. The maximum absolute atomic E-state index is 6.01. The zero-order chi connectivity index (χ0) is 12.8. The molecular formula is C15H13ClN2S. The van der Waals surface area contributed by atoms with E-state index >= 15 is 0 Å². The molecule has 1 aliphatic rings. The van der Waals surface area contributed by atoms with Crippen LogP contribution in [0.5, 0.6) is 0 Å². The van der Waals surface area contributed by atoms with Crippen LogP contribution in [0.3, 0.4) is 0 Å². The van der Waals surface area contributed by atoms with E-state index in [1.807, 2.05) is 29.5 Å². The number of hydrogen-bond donors (Lipinski definition) is 1. The molecular weight excluding hydrogens is 276 g/mol. The van der Waals surface area contributed by atoms with Crippen molar-refractivity contribution in [3.63, 3.8) is 0 Å². The summed E-state index contributed by atoms with van der Waals surface area (Å²) in [7, 11) is 0. The molecule has 3 aromatic rings. The van der Waals surface area contributed by atoms with Gasteiger partial charge in [0.15, 0.2) is 0 Å². The van der Waals surface area contributed by atoms with Crippen molar-refractivity contribution in [3.05, 3.63) is 39.7 Å². The number of nitrogens with zero attached hydrogens (tertiary/aromatic N) is 1. The van der Waals surface area contributed by atoms with Crippen molar-refractivity contribution in [3.8, 4) is 10.7 Å². The van der Waals surface area contributed by atoms with Gasteiger partial charge in [0.2, 0.25) is 0 Å². The van der Waals surface area contributed by atoms with Gasteiger partial charge < -0.3 is 4.98 Å². The first-order valence-electron chi connectivity index (χ1n) is 6.57. The molecule has 0 amide bonds. The van der Waals surface area contributed by atoms with Crippen molar-refractivity contribution in [1.82, 2.24) is 9.97 Å². The molecule has 2 nitrogen and oxygen atoms in total. The standard InChI is InChI=1S/C15H13ClN2S/c16-10-5-6-11-12(8-10)18-15(17-11)14-7-9-3-1-2-4-13(9)19-14/h5-8H,1-4H2,(H,17,18). The molecule has 1 aromatic carbocycles. The predicted molar refractivity (Wildman–Crippen MR) is 81.1 cm³/mol. The van der Waals surface area contributed by atoms with Crippen molar-refractivity contribution >= 4 is 34.0 Å². The Kier molecular flexibility index (Phi) is 2.64. The molecule has 2 heterocycles. The number of nitrogens with one attached hydrogen (secondary N) is 1. The molecule has 0 fully saturated rings. The minimum atomic E-state index is 0.744. The Morgan fingerprint density at radius 3 is 2.95 bits per heavy atom. The highest BCUT2D eigenvalue weighted by Crippen LogP contribution is 2.35. The van der Waals surface area contributed by atoms with Crippen LogP contribution in [0.15, 0.2) is 24.3 Å². The van der Waals surface area contributed by atoms with Gasteiger partial charge >= 0.3 is 0 Å². The highest BCUT2D eigenvalue weighted by atomic mass is 35.5. The molecule has 0 radical (unpaired) electrons. The van der Waals surface area contributed by atoms with Crippen LogP contribution in [-0.2, 0) is 12.8 Å². The molecule has 4 rings (SSSR count). The van der Waals surface area contributed by atoms with Crippen LogP contribution in [0.2, 0.25) is 5.02 Å². The highest BCUT2D eigenvalue weighted by molar-refractivity contribution is 7.15. The van der Waals surface area contributed by atoms with Gasteiger partial charge in [0, 0.05) is 9.90 Å². The molecule has 4 heteroatoms. The summed E-state index contributed by atoms with van der Waals surface area (Å²) in [6, 6.07) is 8.08. The molecule has 1 N–H and O–H groups in total. The van der Waals surface area contributed by atoms with Gasteiger partial charge in [-0.3, -0.25) is 0 Å². The second kappa shape index (κ2) is 4.36. The Balaban J connectivity index is 1.83. The summed E-state index contributed by atoms with van der Waals surface area (Å²) in [5, 5.41) is 0.744. The zero-order valence-corrected chi connectivity index (χ0v) is 11.9. The van der Waals surface area contributed by atoms with Crippen LogP contribution in [0.25, 0.3) is 21.7 Å². The van der Waals surface area contributed by atoms with Crippen LogP contribution < -0.4 is 0 Å². The molecule has 1 aliphatic carbocycles. The van der Waals surface area contributed by atoms with Crippen molar-refractivity contribution in [2.75, 3.05) is 0 Å². The summed E-state index contributed by atoms with van der Waals surface area (Å²) in [5.41, 5.74) is 3.50. The summed E-state index contributed by atoms with van der Waals surface area (Å²) in [6.45, 7) is 0. The van der Waals surface area contributed by atoms with Gasteiger partial charge in [-0.15, -0.1) is 11.3 Å². The van der Waals surface area contributed by atoms with E-state index in [1.165, 1.54) is 36.1 Å². The maximum atomic E-state index is 6.01. The first-order valence-corrected chi connectivity index (χ1v) is 7.76. The maximum Gasteiger partial charge on any atom is 0.148 e. The SMILES string of the molecule is Clc1ccc2nc(-c3cc4c(s3)CCCC4)[nH]c2c1. The van der Waals surface area contributed by atoms with Crippen molar-refractivity contribution < 1.29 is 0 Å². The topological polar surface area (TPSA) is 28.7 Å². The van der Waals surface area contributed by atoms with Gasteiger partial charge in [-0.2, -0.15) is 0 Å². The summed E-state index contributed by atoms with van der Waals surface area (Å²) in [5.74, 6) is 0.969. The number of imidazole rings is 1. The monoisotopic (exact) mass is 288 g/mol. The Labute approximate surface area is 120 Å². The molecule has 0 spiro atoms. The molecule has 96 valence electrons. The number of aryl methyl sites for hydroxylation is 2. The van der Waals surface area contributed by atoms with Gasteiger partial charge in [-0.1, -0.05) is 11.6 Å². The smallest absolute Gasteiger partial charge is 0.148 e. The number of aromatic nitrogens is 2. The first kappa shape index (κ1) is 11.5. The first-order chi connectivity index (χ1) is 9.29. The number of aromatic amines is 1. The van der Waals surface area contributed by atoms with Crippen LogP contribution in [-0.4, -0.2) is 9.97 Å². The van der Waals surface area contributed by atoms with Crippen LogP contribution in [0.1, 0.15) is 23.3 Å². The third-order valence-corrected chi connectivity index (χ3v) is 5.15. The van der Waals surface area contributed by atoms with E-state index in [-0.39, 0.29) is 0 Å². The Hall–Kier alpha value is -1.32. The Morgan fingerprint density at radius 2 is 2.05 bits per heavy atom. The van der Waals surface area contributed by atoms with Gasteiger partial charge in [-0.05, 0) is 55.5 Å². The molecule has 0 bridgehead atoms. The molecule has 0 unspecified atom stereocenters. The Bertz CT molecular complexity index is 733. The molecule has 0 atom stereocenters. The number of halogens is 1. The Morgan fingerprint density at radius 1 is 1.16 bits per heavy atom. The van der Waals surface area contributed by atoms with Gasteiger partial charge in [0.25, 0.3) is 0 Å². The molecule has 19 heavy (non-hydrogen) atoms. The summed E-state index contributed by atoms with van der Waals surface area (Å²) < 4.78 is 0. The average molecular weight is 289 g/mol. The normalized spacial score (nSPS) is 14.8. The number of fused-ring (bicyclic) bond motifs is 2. The number of benzene rings is 1. The largest absolute Gasteiger partial charge is 0.337 e. The predicted octanol–water partition coefficient (Wildman–Crippen LogP) is 4.82. The zero-order valence-electron chi connectivity index (χ0n) is 10.4. The van der Waals surface area contributed by atoms with Gasteiger partial charge in [0.05, 0.1) is 15.9 Å². The second-order valence-corrected chi connectivity index (χ2v) is 6.59. The van der Waals surface area contributed by atoms with E-state index in [0.29, 0.717) is 0 Å². The number of thiophene rings is 1. The lowest BCUT2D eigenvalue weighted by molar-refractivity contribution is 0.697. The highest BCUT2D eigenvalue weighted by Gasteiger charge is 2.16. The second-order valence-electron chi connectivity index (χ2n) is 5.01. The van der Waals surface area contributed by atoms with Crippen LogP contribution >= 0.6 is 22.9 Å². The number of hydrogen-bond acceptors (Lipinski definition) is 2. The fourth-order valence-electron chi connectivity index (χ4n) is 2.71. The minimum absolute atomic E-state index is 0.744. The third-order valence-electron chi connectivity index (χ3n) is 3.67. The molecule has 0 saturated carbocycles. The molecule has 2 aromatic heterocycles. The van der Waals surface area contributed by atoms with Crippen molar-refractivity contribution in [2.24, 2.45) is 0 Å². The fraction of sp³-hybridized carbons (Fsp3) is 0.267. The van der Waals surface area contributed by atoms with E-state index in [1.54, 1.807) is 4.88 Å². The third kappa shape index (κ3) is 1.97. The molecule has 0 aliphatic heterocycles. The summed E-state index contributed by atoms with van der Waals surface area (Å²) in [6.07, 6.45) is 5.09. The minimum Gasteiger partial charge on any atom is -0.337 e. The van der Waals surface area contributed by atoms with Crippen molar-refractivity contribution in [1.29, 1.82) is 0 Å². The fourth-order valence-corrected chi connectivity index (χ4v) is 4.08. The lowest BCUT2D eigenvalue weighted by Gasteiger charge is -2.08. The average Bonchev–Trinajstić information content (AvgIpc) is 3.00. The molecule has 0 saturated heterocycles. The summed E-state index contributed by atoms with van der Waals surface area (Å²) >= 11 is 7.89. The van der Waals surface area contributed by atoms with Crippen LogP contribution in [0, 0.1) is 0 Å². The van der Waals surface area contributed by atoms with E-state index in [0.717, 1.165) is 21.9 Å². The van der Waals surface area contributed by atoms with E-state index in [9.17, 15) is 0 Å². The van der Waals surface area contributed by atoms with E-state index in [4.69, 9.17) is 11.6 Å². The van der Waals surface area contributed by atoms with Gasteiger partial charge in [-0.25, -0.2) is 4.98 Å². The quantitative estimate of drug-likeness (QED) is 0.683. The van der Waals surface area contributed by atoms with E-state index in [2.05, 4.69) is 16.0 Å². The van der Waals surface area contributed by atoms with Gasteiger partial charge in [0.1, 0.15) is 5.82 Å². The van der Waals surface area contributed by atoms with Crippen LogP contribution in [0.4, 0.5) is 0 Å². The lowest BCUT2D eigenvalue weighted by atomic mass is 9.99. The van der Waals surface area contributed by atoms with Crippen molar-refractivity contribution in [2.45, 2.75) is 25.7 Å². The summed E-state index contributed by atoms with van der Waals surface area (Å²) in [4.78, 5) is 10.8.